The SMILES string of the molecule is O=c1cc(-c2ccc(OCc3ccccc3)cc2)oc2cc(OCc3ccccc3)c([C@@H]3OC(COCc4ccccc4)[C@@H](OCc4ccccc4)C(OCc4ccccc4)[C@@H]3OCc3ccccc3)c(O)c12. The lowest BCUT2D eigenvalue weighted by Gasteiger charge is -2.46. The molecule has 9 aromatic rings. The second-order valence-electron chi connectivity index (χ2n) is 17.9. The quantitative estimate of drug-likeness (QED) is 0.0746. The minimum absolute atomic E-state index is 0.0416. The molecule has 0 saturated carbocycles. The molecular weight excluding hydrogens is 917 g/mol. The van der Waals surface area contributed by atoms with Gasteiger partial charge in [-0.15, -0.1) is 0 Å². The fourth-order valence-corrected chi connectivity index (χ4v) is 9.04. The Morgan fingerprint density at radius 3 is 1.40 bits per heavy atom. The summed E-state index contributed by atoms with van der Waals surface area (Å²) in [7, 11) is 0. The summed E-state index contributed by atoms with van der Waals surface area (Å²) in [6, 6.07) is 69.6. The first-order valence-electron chi connectivity index (χ1n) is 24.5. The van der Waals surface area contributed by atoms with Crippen LogP contribution < -0.4 is 14.9 Å². The van der Waals surface area contributed by atoms with Crippen LogP contribution in [0, 0.1) is 0 Å². The molecule has 10 nitrogen and oxygen atoms in total. The first kappa shape index (κ1) is 48.8. The average Bonchev–Trinajstić information content (AvgIpc) is 3.44. The second-order valence-corrected chi connectivity index (χ2v) is 17.9. The number of fused-ring (bicyclic) bond motifs is 1. The van der Waals surface area contributed by atoms with Gasteiger partial charge >= 0.3 is 0 Å². The van der Waals surface area contributed by atoms with Gasteiger partial charge in [0.1, 0.15) is 77.7 Å². The van der Waals surface area contributed by atoms with Gasteiger partial charge in [-0.1, -0.05) is 182 Å². The Bertz CT molecular complexity index is 3170. The molecule has 2 heterocycles. The lowest BCUT2D eigenvalue weighted by molar-refractivity contribution is -0.275. The highest BCUT2D eigenvalue weighted by atomic mass is 16.6. The number of hydrogen-bond donors (Lipinski definition) is 1. The zero-order valence-corrected chi connectivity index (χ0v) is 40.2. The molecule has 1 saturated heterocycles. The summed E-state index contributed by atoms with van der Waals surface area (Å²) in [4.78, 5) is 14.6. The van der Waals surface area contributed by atoms with Crippen molar-refractivity contribution in [2.24, 2.45) is 0 Å². The van der Waals surface area contributed by atoms with Crippen molar-refractivity contribution in [3.8, 4) is 28.6 Å². The topological polar surface area (TPSA) is 115 Å². The van der Waals surface area contributed by atoms with Crippen molar-refractivity contribution in [2.75, 3.05) is 6.61 Å². The minimum atomic E-state index is -1.11. The van der Waals surface area contributed by atoms with Crippen molar-refractivity contribution in [1.29, 1.82) is 0 Å². The van der Waals surface area contributed by atoms with Gasteiger partial charge in [-0.05, 0) is 57.6 Å². The Morgan fingerprint density at radius 2 is 0.890 bits per heavy atom. The predicted molar refractivity (Wildman–Crippen MR) is 280 cm³/mol. The largest absolute Gasteiger partial charge is 0.506 e. The van der Waals surface area contributed by atoms with Crippen LogP contribution in [0.2, 0.25) is 0 Å². The number of phenolic OH excluding ortho intramolecular Hbond substituents is 1. The molecule has 0 aliphatic carbocycles. The van der Waals surface area contributed by atoms with Crippen LogP contribution >= 0.6 is 0 Å². The fourth-order valence-electron chi connectivity index (χ4n) is 9.04. The maximum Gasteiger partial charge on any atom is 0.197 e. The van der Waals surface area contributed by atoms with Crippen molar-refractivity contribution >= 4 is 11.0 Å². The van der Waals surface area contributed by atoms with Crippen LogP contribution in [0.4, 0.5) is 0 Å². The summed E-state index contributed by atoms with van der Waals surface area (Å²) in [5.41, 5.74) is 6.22. The Labute approximate surface area is 424 Å². The molecule has 0 spiro atoms. The van der Waals surface area contributed by atoms with Crippen molar-refractivity contribution in [2.45, 2.75) is 70.2 Å². The van der Waals surface area contributed by atoms with Gasteiger partial charge in [-0.2, -0.15) is 0 Å². The molecule has 1 aromatic heterocycles. The van der Waals surface area contributed by atoms with Crippen LogP contribution in [0.25, 0.3) is 22.3 Å². The number of ether oxygens (including phenoxy) is 7. The van der Waals surface area contributed by atoms with Crippen molar-refractivity contribution in [1.82, 2.24) is 0 Å². The molecule has 1 N–H and O–H groups in total. The predicted octanol–water partition coefficient (Wildman–Crippen LogP) is 12.7. The van der Waals surface area contributed by atoms with E-state index in [0.29, 0.717) is 30.3 Å². The van der Waals surface area contributed by atoms with E-state index >= 15 is 0 Å². The third kappa shape index (κ3) is 12.4. The Morgan fingerprint density at radius 1 is 0.452 bits per heavy atom. The van der Waals surface area contributed by atoms with Gasteiger partial charge in [0.25, 0.3) is 0 Å². The zero-order valence-electron chi connectivity index (χ0n) is 40.2. The maximum atomic E-state index is 14.6. The molecule has 1 aliphatic rings. The van der Waals surface area contributed by atoms with Crippen LogP contribution in [0.3, 0.4) is 0 Å². The molecular formula is C63H56O10. The first-order chi connectivity index (χ1) is 36.0. The molecule has 368 valence electrons. The molecule has 10 rings (SSSR count). The van der Waals surface area contributed by atoms with Gasteiger partial charge < -0.3 is 42.7 Å². The molecule has 10 heteroatoms. The van der Waals surface area contributed by atoms with E-state index in [2.05, 4.69) is 0 Å². The monoisotopic (exact) mass is 972 g/mol. The van der Waals surface area contributed by atoms with Crippen LogP contribution in [-0.4, -0.2) is 36.1 Å². The van der Waals surface area contributed by atoms with Crippen molar-refractivity contribution in [3.05, 3.63) is 268 Å². The van der Waals surface area contributed by atoms with Gasteiger partial charge in [-0.3, -0.25) is 4.79 Å². The standard InChI is InChI=1S/C63H56O10/c64-52-35-53(50-31-33-51(34-32-50)67-38-45-21-9-2-10-22-45)72-55-36-54(68-39-46-23-11-3-12-24-46)58(59(65)57(52)55)61-63(71-42-49-29-17-6-18-30-49)62(70-41-48-27-15-5-16-28-48)60(69-40-47-25-13-4-14-26-47)56(73-61)43-66-37-44-19-7-1-8-20-44/h1-36,56,60-63,65H,37-43H2/t56?,60-,61+,62?,63-/m1/s1. The Balaban J connectivity index is 1.08. The highest BCUT2D eigenvalue weighted by Crippen LogP contribution is 2.48. The molecule has 1 aliphatic heterocycles. The summed E-state index contributed by atoms with van der Waals surface area (Å²) in [6.07, 6.45) is -4.43. The van der Waals surface area contributed by atoms with Crippen LogP contribution in [0.5, 0.6) is 17.2 Å². The van der Waals surface area contributed by atoms with E-state index in [1.54, 1.807) is 6.07 Å². The number of phenols is 1. The Hall–Kier alpha value is -7.83. The number of hydrogen-bond acceptors (Lipinski definition) is 10. The van der Waals surface area contributed by atoms with Gasteiger partial charge in [0.15, 0.2) is 5.43 Å². The van der Waals surface area contributed by atoms with E-state index in [1.807, 2.05) is 206 Å². The van der Waals surface area contributed by atoms with Crippen molar-refractivity contribution in [3.63, 3.8) is 0 Å². The Kier molecular flexibility index (Phi) is 16.1. The van der Waals surface area contributed by atoms with Crippen LogP contribution in [0.1, 0.15) is 45.0 Å². The molecule has 0 amide bonds. The normalized spacial score (nSPS) is 17.6. The van der Waals surface area contributed by atoms with Gasteiger partial charge in [-0.25, -0.2) is 0 Å². The summed E-state index contributed by atoms with van der Waals surface area (Å²) >= 11 is 0. The highest BCUT2D eigenvalue weighted by molar-refractivity contribution is 5.88. The fraction of sp³-hybridized carbons (Fsp3) is 0.190. The van der Waals surface area contributed by atoms with Crippen molar-refractivity contribution < 1.29 is 42.7 Å². The molecule has 5 atom stereocenters. The second kappa shape index (κ2) is 24.1. The van der Waals surface area contributed by atoms with Crippen LogP contribution in [0.15, 0.2) is 228 Å². The molecule has 0 bridgehead atoms. The molecule has 2 unspecified atom stereocenters. The molecule has 73 heavy (non-hydrogen) atoms. The zero-order chi connectivity index (χ0) is 49.6. The van der Waals surface area contributed by atoms with E-state index in [9.17, 15) is 9.90 Å². The lowest BCUT2D eigenvalue weighted by atomic mass is 9.88. The summed E-state index contributed by atoms with van der Waals surface area (Å²) in [5.74, 6) is 0.827. The van der Waals surface area contributed by atoms with Gasteiger partial charge in [0.05, 0.1) is 38.6 Å². The highest BCUT2D eigenvalue weighted by Gasteiger charge is 2.51. The van der Waals surface area contributed by atoms with E-state index in [4.69, 9.17) is 37.6 Å². The first-order valence-corrected chi connectivity index (χ1v) is 24.5. The third-order valence-electron chi connectivity index (χ3n) is 12.8. The summed E-state index contributed by atoms with van der Waals surface area (Å²) in [6.45, 7) is 1.52. The summed E-state index contributed by atoms with van der Waals surface area (Å²) < 4.78 is 54.1. The van der Waals surface area contributed by atoms with E-state index in [0.717, 1.165) is 33.4 Å². The summed E-state index contributed by atoms with van der Waals surface area (Å²) in [5, 5.41) is 12.8. The van der Waals surface area contributed by atoms with E-state index in [1.165, 1.54) is 6.07 Å². The van der Waals surface area contributed by atoms with E-state index < -0.39 is 35.9 Å². The number of rotatable bonds is 21. The average molecular weight is 973 g/mol. The molecule has 8 aromatic carbocycles. The lowest BCUT2D eigenvalue weighted by Crippen LogP contribution is -2.58. The smallest absolute Gasteiger partial charge is 0.197 e. The minimum Gasteiger partial charge on any atom is -0.506 e. The third-order valence-corrected chi connectivity index (χ3v) is 12.8. The van der Waals surface area contributed by atoms with E-state index in [-0.39, 0.29) is 61.1 Å². The maximum absolute atomic E-state index is 14.6. The number of benzene rings is 8. The van der Waals surface area contributed by atoms with Gasteiger partial charge in [0, 0.05) is 17.7 Å². The van der Waals surface area contributed by atoms with Crippen LogP contribution in [-0.2, 0) is 63.3 Å². The molecule has 0 radical (unpaired) electrons. The number of aromatic hydroxyl groups is 1. The van der Waals surface area contributed by atoms with Gasteiger partial charge in [0.2, 0.25) is 0 Å². The molecule has 1 fully saturated rings.